The third kappa shape index (κ3) is 2.30. The van der Waals surface area contributed by atoms with E-state index in [2.05, 4.69) is 25.8 Å². The lowest BCUT2D eigenvalue weighted by Crippen LogP contribution is -2.42. The van der Waals surface area contributed by atoms with Gasteiger partial charge >= 0.3 is 0 Å². The molecule has 0 bridgehead atoms. The van der Waals surface area contributed by atoms with Gasteiger partial charge < -0.3 is 4.90 Å². The second-order valence-corrected chi connectivity index (χ2v) is 6.80. The zero-order valence-corrected chi connectivity index (χ0v) is 13.1. The van der Waals surface area contributed by atoms with Gasteiger partial charge in [-0.25, -0.2) is 4.98 Å². The fraction of sp³-hybridized carbons (Fsp3) is 0.643. The van der Waals surface area contributed by atoms with Crippen LogP contribution >= 0.6 is 15.9 Å². The van der Waals surface area contributed by atoms with Crippen molar-refractivity contribution >= 4 is 28.2 Å². The van der Waals surface area contributed by atoms with Crippen molar-refractivity contribution in [3.05, 3.63) is 16.2 Å². The largest absolute Gasteiger partial charge is 0.342 e. The maximum Gasteiger partial charge on any atom is 0.212 e. The Morgan fingerprint density at radius 1 is 1.20 bits per heavy atom. The van der Waals surface area contributed by atoms with Gasteiger partial charge in [-0.3, -0.25) is 15.4 Å². The summed E-state index contributed by atoms with van der Waals surface area (Å²) in [6, 6.07) is 0. The molecule has 2 heterocycles. The van der Waals surface area contributed by atoms with Crippen LogP contribution in [0.3, 0.4) is 0 Å². The minimum Gasteiger partial charge on any atom is -0.342 e. The molecule has 0 aromatic carbocycles. The lowest BCUT2D eigenvalue weighted by Gasteiger charge is -2.40. The predicted octanol–water partition coefficient (Wildman–Crippen LogP) is 2.74. The lowest BCUT2D eigenvalue weighted by atomic mass is 9.77. The van der Waals surface area contributed by atoms with Crippen molar-refractivity contribution in [2.24, 2.45) is 5.41 Å². The topological polar surface area (TPSA) is 68.8 Å². The third-order valence-corrected chi connectivity index (χ3v) is 5.46. The second-order valence-electron chi connectivity index (χ2n) is 5.95. The van der Waals surface area contributed by atoms with Gasteiger partial charge in [0.2, 0.25) is 5.95 Å². The van der Waals surface area contributed by atoms with Crippen LogP contribution in [-0.4, -0.2) is 29.0 Å². The average Bonchev–Trinajstić information content (AvgIpc) is 2.91. The minimum absolute atomic E-state index is 0.283. The highest BCUT2D eigenvalue weighted by atomic mass is 79.9. The summed E-state index contributed by atoms with van der Waals surface area (Å²) in [5, 5.41) is 15.5. The van der Waals surface area contributed by atoms with Crippen molar-refractivity contribution in [1.82, 2.24) is 9.55 Å². The fourth-order valence-electron chi connectivity index (χ4n) is 3.62. The molecule has 2 N–H and O–H groups in total. The molecule has 1 saturated heterocycles. The fourth-order valence-corrected chi connectivity index (χ4v) is 3.91. The van der Waals surface area contributed by atoms with Crippen LogP contribution in [0.2, 0.25) is 0 Å². The molecule has 1 aromatic heterocycles. The highest BCUT2D eigenvalue weighted by Crippen LogP contribution is 2.46. The number of hydrogen-bond acceptors (Lipinski definition) is 4. The number of piperidine rings is 1. The Morgan fingerprint density at radius 3 is 2.45 bits per heavy atom. The molecule has 3 rings (SSSR count). The molecule has 2 aliphatic rings. The molecule has 5 nitrogen and oxygen atoms in total. The summed E-state index contributed by atoms with van der Waals surface area (Å²) >= 11 is 3.30. The Hall–Kier alpha value is -1.17. The Morgan fingerprint density at radius 2 is 1.85 bits per heavy atom. The van der Waals surface area contributed by atoms with Crippen molar-refractivity contribution in [3.63, 3.8) is 0 Å². The average molecular weight is 338 g/mol. The van der Waals surface area contributed by atoms with Gasteiger partial charge in [0.05, 0.1) is 10.8 Å². The van der Waals surface area contributed by atoms with Crippen LogP contribution in [0.4, 0.5) is 5.95 Å². The van der Waals surface area contributed by atoms with Crippen molar-refractivity contribution in [1.29, 1.82) is 10.8 Å². The molecule has 0 radical (unpaired) electrons. The maximum atomic E-state index is 8.01. The van der Waals surface area contributed by atoms with E-state index in [1.165, 1.54) is 49.4 Å². The van der Waals surface area contributed by atoms with E-state index in [1.54, 1.807) is 6.20 Å². The molecule has 1 spiro atoms. The molecule has 1 saturated carbocycles. The van der Waals surface area contributed by atoms with Crippen LogP contribution < -0.4 is 10.4 Å². The van der Waals surface area contributed by atoms with E-state index < -0.39 is 0 Å². The molecule has 0 atom stereocenters. The normalized spacial score (nSPS) is 21.4. The number of aromatic nitrogens is 2. The van der Waals surface area contributed by atoms with Crippen molar-refractivity contribution in [2.45, 2.75) is 38.5 Å². The standard InChI is InChI=1S/C14H20BrN5/c15-11-9-18-13(20(10-16)12(11)17)19-7-5-14(6-8-19)3-1-2-4-14/h9-10,16-17H,1-8H2. The van der Waals surface area contributed by atoms with Gasteiger partial charge in [-0.15, -0.1) is 0 Å². The van der Waals surface area contributed by atoms with Gasteiger partial charge in [0.15, 0.2) is 0 Å². The van der Waals surface area contributed by atoms with Gasteiger partial charge in [-0.1, -0.05) is 12.8 Å². The molecule has 1 aliphatic heterocycles. The van der Waals surface area contributed by atoms with E-state index in [4.69, 9.17) is 10.8 Å². The van der Waals surface area contributed by atoms with Gasteiger partial charge in [-0.05, 0) is 47.0 Å². The van der Waals surface area contributed by atoms with E-state index in [9.17, 15) is 0 Å². The Balaban J connectivity index is 1.83. The zero-order chi connectivity index (χ0) is 14.2. The van der Waals surface area contributed by atoms with Crippen LogP contribution in [0.5, 0.6) is 0 Å². The first-order valence-corrected chi connectivity index (χ1v) is 8.02. The Labute approximate surface area is 127 Å². The molecule has 0 amide bonds. The first kappa shape index (κ1) is 13.8. The van der Waals surface area contributed by atoms with Crippen molar-refractivity contribution < 1.29 is 0 Å². The van der Waals surface area contributed by atoms with Crippen molar-refractivity contribution in [2.75, 3.05) is 18.0 Å². The molecular weight excluding hydrogens is 318 g/mol. The predicted molar refractivity (Wildman–Crippen MR) is 82.3 cm³/mol. The first-order valence-electron chi connectivity index (χ1n) is 7.22. The summed E-state index contributed by atoms with van der Waals surface area (Å²) < 4.78 is 2.16. The molecule has 2 fully saturated rings. The Bertz CT molecular complexity index is 563. The van der Waals surface area contributed by atoms with E-state index in [1.807, 2.05) is 0 Å². The van der Waals surface area contributed by atoms with Crippen LogP contribution in [-0.2, 0) is 0 Å². The van der Waals surface area contributed by atoms with Crippen LogP contribution in [0.15, 0.2) is 10.7 Å². The molecule has 1 aromatic rings. The van der Waals surface area contributed by atoms with Gasteiger partial charge in [0.1, 0.15) is 5.49 Å². The number of nitrogens with one attached hydrogen (secondary N) is 2. The van der Waals surface area contributed by atoms with Crippen molar-refractivity contribution in [3.8, 4) is 0 Å². The van der Waals surface area contributed by atoms with Crippen LogP contribution in [0, 0.1) is 16.2 Å². The summed E-state index contributed by atoms with van der Waals surface area (Å²) in [7, 11) is 0. The SMILES string of the molecule is N=Cn1c(N2CCC3(CCCC3)CC2)ncc(Br)c1=N. The number of hydrogen-bond donors (Lipinski definition) is 2. The third-order valence-electron chi connectivity index (χ3n) is 4.88. The molecule has 1 aliphatic carbocycles. The van der Waals surface area contributed by atoms with E-state index in [0.717, 1.165) is 19.0 Å². The van der Waals surface area contributed by atoms with Gasteiger partial charge in [0, 0.05) is 19.3 Å². The Kier molecular flexibility index (Phi) is 3.67. The second kappa shape index (κ2) is 5.31. The van der Waals surface area contributed by atoms with E-state index in [-0.39, 0.29) is 5.49 Å². The lowest BCUT2D eigenvalue weighted by molar-refractivity contribution is 0.225. The molecular formula is C14H20BrN5. The monoisotopic (exact) mass is 337 g/mol. The van der Waals surface area contributed by atoms with E-state index in [0.29, 0.717) is 9.89 Å². The summed E-state index contributed by atoms with van der Waals surface area (Å²) in [5.41, 5.74) is 0.858. The number of nitrogens with zero attached hydrogens (tertiary/aromatic N) is 3. The number of rotatable bonds is 2. The summed E-state index contributed by atoms with van der Waals surface area (Å²) in [4.78, 5) is 6.64. The molecule has 20 heavy (non-hydrogen) atoms. The molecule has 108 valence electrons. The first-order chi connectivity index (χ1) is 9.65. The quantitative estimate of drug-likeness (QED) is 0.643. The smallest absolute Gasteiger partial charge is 0.212 e. The zero-order valence-electron chi connectivity index (χ0n) is 11.5. The summed E-state index contributed by atoms with van der Waals surface area (Å²) in [5.74, 6) is 0.723. The molecule has 6 heteroatoms. The highest BCUT2D eigenvalue weighted by molar-refractivity contribution is 9.10. The van der Waals surface area contributed by atoms with Gasteiger partial charge in [-0.2, -0.15) is 0 Å². The van der Waals surface area contributed by atoms with Crippen LogP contribution in [0.25, 0.3) is 0 Å². The highest BCUT2D eigenvalue weighted by Gasteiger charge is 2.37. The van der Waals surface area contributed by atoms with Gasteiger partial charge in [0.25, 0.3) is 0 Å². The maximum absolute atomic E-state index is 8.01. The minimum atomic E-state index is 0.283. The number of halogens is 1. The summed E-state index contributed by atoms with van der Waals surface area (Å²) in [6.07, 6.45) is 10.8. The summed E-state index contributed by atoms with van der Waals surface area (Å²) in [6.45, 7) is 1.98. The molecule has 0 unspecified atom stereocenters. The van der Waals surface area contributed by atoms with E-state index >= 15 is 0 Å². The number of anilines is 1. The van der Waals surface area contributed by atoms with Crippen LogP contribution in [0.1, 0.15) is 38.5 Å².